The number of benzene rings is 2. The van der Waals surface area contributed by atoms with Crippen LogP contribution in [0.1, 0.15) is 46.1 Å². The fourth-order valence-electron chi connectivity index (χ4n) is 4.92. The van der Waals surface area contributed by atoms with Gasteiger partial charge in [0.15, 0.2) is 16.9 Å². The van der Waals surface area contributed by atoms with Crippen molar-refractivity contribution in [2.75, 3.05) is 7.11 Å². The number of aliphatic hydroxyl groups is 5. The minimum absolute atomic E-state index is 0.0418. The van der Waals surface area contributed by atoms with E-state index in [1.807, 2.05) is 6.92 Å². The lowest BCUT2D eigenvalue weighted by Crippen LogP contribution is -2.58. The molecule has 0 aliphatic carbocycles. The molecule has 44 heavy (non-hydrogen) atoms. The molecule has 1 aromatic heterocycles. The van der Waals surface area contributed by atoms with E-state index in [0.29, 0.717) is 18.4 Å². The van der Waals surface area contributed by atoms with Gasteiger partial charge in [-0.25, -0.2) is 0 Å². The van der Waals surface area contributed by atoms with Gasteiger partial charge in [0.1, 0.15) is 46.5 Å². The topological polar surface area (TPSA) is 200 Å². The third kappa shape index (κ3) is 7.01. The van der Waals surface area contributed by atoms with Crippen LogP contribution in [-0.2, 0) is 11.2 Å². The summed E-state index contributed by atoms with van der Waals surface area (Å²) in [6.45, 7) is 6.41. The van der Waals surface area contributed by atoms with Gasteiger partial charge in [-0.1, -0.05) is 11.6 Å². The highest BCUT2D eigenvalue weighted by molar-refractivity contribution is 5.88. The molecular weight excluding hydrogens is 576 g/mol. The Morgan fingerprint density at radius 2 is 1.77 bits per heavy atom. The molecule has 1 saturated heterocycles. The van der Waals surface area contributed by atoms with Crippen LogP contribution in [0.25, 0.3) is 22.3 Å². The van der Waals surface area contributed by atoms with Crippen LogP contribution in [0.3, 0.4) is 0 Å². The number of allylic oxidation sites excluding steroid dienone is 2. The van der Waals surface area contributed by atoms with E-state index >= 15 is 0 Å². The van der Waals surface area contributed by atoms with Gasteiger partial charge in [0.2, 0.25) is 6.29 Å². The third-order valence-corrected chi connectivity index (χ3v) is 7.86. The van der Waals surface area contributed by atoms with Crippen LogP contribution >= 0.6 is 0 Å². The van der Waals surface area contributed by atoms with Crippen molar-refractivity contribution >= 4 is 11.0 Å². The Bertz CT molecular complexity index is 1570. The Kier molecular flexibility index (Phi) is 9.93. The van der Waals surface area contributed by atoms with Crippen molar-refractivity contribution in [2.45, 2.75) is 89.4 Å². The van der Waals surface area contributed by atoms with E-state index in [4.69, 9.17) is 18.6 Å². The molecule has 3 aromatic rings. The predicted octanol–water partition coefficient (Wildman–Crippen LogP) is 2.49. The van der Waals surface area contributed by atoms with Gasteiger partial charge >= 0.3 is 0 Å². The molecule has 4 rings (SSSR count). The molecule has 0 saturated carbocycles. The van der Waals surface area contributed by atoms with Crippen molar-refractivity contribution < 1.29 is 54.4 Å². The number of ether oxygens (including phenoxy) is 3. The summed E-state index contributed by atoms with van der Waals surface area (Å²) in [7, 11) is 1.38. The molecule has 0 bridgehead atoms. The summed E-state index contributed by atoms with van der Waals surface area (Å²) in [6, 6.07) is 7.02. The van der Waals surface area contributed by atoms with Gasteiger partial charge in [-0.05, 0) is 65.2 Å². The summed E-state index contributed by atoms with van der Waals surface area (Å²) < 4.78 is 22.5. The van der Waals surface area contributed by atoms with Gasteiger partial charge in [-0.2, -0.15) is 0 Å². The van der Waals surface area contributed by atoms with Crippen LogP contribution in [0.4, 0.5) is 0 Å². The van der Waals surface area contributed by atoms with Crippen molar-refractivity contribution in [3.8, 4) is 34.3 Å². The molecular formula is C32H40O12. The van der Waals surface area contributed by atoms with Crippen LogP contribution in [-0.4, -0.2) is 85.3 Å². The highest BCUT2D eigenvalue weighted by atomic mass is 16.7. The SMILES string of the molecule is COc1cc(-c2cc(=O)c3c(O)c(C/C=C(\C)CC[C@H](O)C(C)(C)O)c(O)cc3o2)ccc1O[C@@H]1O[C@@H](C)[C@H](O)[C@@H](O)[C@H]1O. The molecule has 7 N–H and O–H groups in total. The number of rotatable bonds is 10. The average Bonchev–Trinajstić information content (AvgIpc) is 2.96. The third-order valence-electron chi connectivity index (χ3n) is 7.86. The monoisotopic (exact) mass is 616 g/mol. The lowest BCUT2D eigenvalue weighted by molar-refractivity contribution is -0.268. The Balaban J connectivity index is 1.58. The summed E-state index contributed by atoms with van der Waals surface area (Å²) in [5.41, 5.74) is -0.415. The fraction of sp³-hybridized carbons (Fsp3) is 0.469. The van der Waals surface area contributed by atoms with Crippen LogP contribution in [0.5, 0.6) is 23.0 Å². The zero-order valence-electron chi connectivity index (χ0n) is 25.2. The maximum Gasteiger partial charge on any atom is 0.229 e. The first kappa shape index (κ1) is 33.2. The van der Waals surface area contributed by atoms with E-state index in [1.165, 1.54) is 52.1 Å². The van der Waals surface area contributed by atoms with E-state index < -0.39 is 53.6 Å². The van der Waals surface area contributed by atoms with Crippen molar-refractivity contribution in [3.63, 3.8) is 0 Å². The molecule has 240 valence electrons. The van der Waals surface area contributed by atoms with Gasteiger partial charge in [0.05, 0.1) is 24.9 Å². The van der Waals surface area contributed by atoms with E-state index in [2.05, 4.69) is 0 Å². The molecule has 1 aliphatic rings. The Labute approximate surface area is 254 Å². The van der Waals surface area contributed by atoms with Gasteiger partial charge < -0.3 is 54.4 Å². The quantitative estimate of drug-likeness (QED) is 0.164. The van der Waals surface area contributed by atoms with Crippen molar-refractivity contribution in [2.24, 2.45) is 0 Å². The molecule has 12 nitrogen and oxygen atoms in total. The standard InChI is InChI=1S/C32H40O12/c1-15(7-11-25(35)32(3,4)40)6-9-18-19(33)13-24-26(28(18)37)20(34)14-22(43-24)17-8-10-21(23(12-17)41-5)44-31-30(39)29(38)27(36)16(2)42-31/h6,8,10,12-14,16,25,27,29-31,33,35-40H,7,9,11H2,1-5H3/b15-6+/t16-,25-,27-,29+,30+,31-/m0/s1. The summed E-state index contributed by atoms with van der Waals surface area (Å²) in [6.07, 6.45) is -4.61. The lowest BCUT2D eigenvalue weighted by atomic mass is 9.95. The molecule has 1 aliphatic heterocycles. The van der Waals surface area contributed by atoms with Crippen molar-refractivity contribution in [3.05, 3.63) is 57.8 Å². The largest absolute Gasteiger partial charge is 0.507 e. The Morgan fingerprint density at radius 1 is 1.07 bits per heavy atom. The van der Waals surface area contributed by atoms with Gasteiger partial charge in [0, 0.05) is 23.3 Å². The fourth-order valence-corrected chi connectivity index (χ4v) is 4.92. The molecule has 0 unspecified atom stereocenters. The molecule has 6 atom stereocenters. The van der Waals surface area contributed by atoms with Gasteiger partial charge in [0.25, 0.3) is 0 Å². The van der Waals surface area contributed by atoms with Crippen LogP contribution in [0.15, 0.2) is 51.2 Å². The molecule has 0 amide bonds. The number of phenols is 2. The molecule has 0 spiro atoms. The summed E-state index contributed by atoms with van der Waals surface area (Å²) >= 11 is 0. The molecule has 0 radical (unpaired) electrons. The molecule has 12 heteroatoms. The molecule has 2 heterocycles. The van der Waals surface area contributed by atoms with Crippen molar-refractivity contribution in [1.29, 1.82) is 0 Å². The second-order valence-electron chi connectivity index (χ2n) is 11.7. The van der Waals surface area contributed by atoms with Crippen molar-refractivity contribution in [1.82, 2.24) is 0 Å². The number of aromatic hydroxyl groups is 2. The van der Waals surface area contributed by atoms with Crippen LogP contribution in [0.2, 0.25) is 0 Å². The van der Waals surface area contributed by atoms with E-state index in [1.54, 1.807) is 12.1 Å². The molecule has 2 aromatic carbocycles. The number of methoxy groups -OCH3 is 1. The van der Waals surface area contributed by atoms with Crippen LogP contribution in [0, 0.1) is 0 Å². The lowest BCUT2D eigenvalue weighted by Gasteiger charge is -2.39. The summed E-state index contributed by atoms with van der Waals surface area (Å²) in [5, 5.41) is 71.8. The maximum absolute atomic E-state index is 13.2. The number of hydrogen-bond donors (Lipinski definition) is 7. The minimum Gasteiger partial charge on any atom is -0.507 e. The second-order valence-corrected chi connectivity index (χ2v) is 11.7. The number of phenolic OH excluding ortho intramolecular Hbond substituents is 2. The first-order valence-corrected chi connectivity index (χ1v) is 14.2. The van der Waals surface area contributed by atoms with E-state index in [0.717, 1.165) is 5.57 Å². The zero-order valence-corrected chi connectivity index (χ0v) is 25.2. The average molecular weight is 617 g/mol. The summed E-state index contributed by atoms with van der Waals surface area (Å²) in [4.78, 5) is 13.2. The first-order chi connectivity index (χ1) is 20.6. The first-order valence-electron chi connectivity index (χ1n) is 14.2. The predicted molar refractivity (Wildman–Crippen MR) is 160 cm³/mol. The minimum atomic E-state index is -1.53. The number of fused-ring (bicyclic) bond motifs is 1. The Morgan fingerprint density at radius 3 is 2.43 bits per heavy atom. The maximum atomic E-state index is 13.2. The highest BCUT2D eigenvalue weighted by Gasteiger charge is 2.43. The Hall–Kier alpha value is -3.65. The zero-order chi connectivity index (χ0) is 32.5. The van der Waals surface area contributed by atoms with E-state index in [9.17, 15) is 40.5 Å². The van der Waals surface area contributed by atoms with E-state index in [-0.39, 0.29) is 46.0 Å². The summed E-state index contributed by atoms with van der Waals surface area (Å²) in [5.74, 6) is -0.231. The smallest absolute Gasteiger partial charge is 0.229 e. The molecule has 1 fully saturated rings. The number of aliphatic hydroxyl groups excluding tert-OH is 4. The van der Waals surface area contributed by atoms with Gasteiger partial charge in [-0.15, -0.1) is 0 Å². The van der Waals surface area contributed by atoms with Crippen LogP contribution < -0.4 is 14.9 Å². The number of hydrogen-bond acceptors (Lipinski definition) is 12. The highest BCUT2D eigenvalue weighted by Crippen LogP contribution is 2.38. The second kappa shape index (κ2) is 13.1. The van der Waals surface area contributed by atoms with Gasteiger partial charge in [-0.3, -0.25) is 4.79 Å². The normalized spacial score (nSPS) is 23.5.